The van der Waals surface area contributed by atoms with Gasteiger partial charge in [0.15, 0.2) is 0 Å². The summed E-state index contributed by atoms with van der Waals surface area (Å²) in [6.45, 7) is 2.55. The summed E-state index contributed by atoms with van der Waals surface area (Å²) in [6, 6.07) is 0. The van der Waals surface area contributed by atoms with Gasteiger partial charge in [0.1, 0.15) is 11.4 Å². The van der Waals surface area contributed by atoms with Crippen LogP contribution in [0.5, 0.6) is 0 Å². The van der Waals surface area contributed by atoms with Crippen LogP contribution in [0, 0.1) is 0 Å². The molecule has 1 amide bonds. The summed E-state index contributed by atoms with van der Waals surface area (Å²) in [5, 5.41) is 10.8. The summed E-state index contributed by atoms with van der Waals surface area (Å²) in [5.41, 5.74) is 0.224. The second-order valence-electron chi connectivity index (χ2n) is 7.45. The van der Waals surface area contributed by atoms with E-state index in [0.29, 0.717) is 25.3 Å². The summed E-state index contributed by atoms with van der Waals surface area (Å²) >= 11 is 1.83. The summed E-state index contributed by atoms with van der Waals surface area (Å²) in [4.78, 5) is 19.5. The quantitative estimate of drug-likeness (QED) is 0.889. The average Bonchev–Trinajstić information content (AvgIpc) is 3.06. The van der Waals surface area contributed by atoms with Crippen LogP contribution < -0.4 is 0 Å². The van der Waals surface area contributed by atoms with Gasteiger partial charge in [0, 0.05) is 37.4 Å². The number of hydrogen-bond donors (Lipinski definition) is 1. The van der Waals surface area contributed by atoms with Crippen molar-refractivity contribution in [3.05, 3.63) is 17.7 Å². The Morgan fingerprint density at radius 3 is 2.92 bits per heavy atom. The van der Waals surface area contributed by atoms with E-state index in [1.807, 2.05) is 22.9 Å². The Morgan fingerprint density at radius 2 is 2.08 bits per heavy atom. The highest BCUT2D eigenvalue weighted by molar-refractivity contribution is 7.99. The third-order valence-corrected chi connectivity index (χ3v) is 6.81. The van der Waals surface area contributed by atoms with Crippen molar-refractivity contribution in [2.24, 2.45) is 0 Å². The molecular formula is C18H27N3O2S. The van der Waals surface area contributed by atoms with Gasteiger partial charge in [0.2, 0.25) is 0 Å². The zero-order valence-electron chi connectivity index (χ0n) is 14.2. The maximum absolute atomic E-state index is 12.9. The van der Waals surface area contributed by atoms with Gasteiger partial charge in [-0.25, -0.2) is 4.98 Å². The fourth-order valence-corrected chi connectivity index (χ4v) is 5.54. The fraction of sp³-hybridized carbons (Fsp3) is 0.778. The number of hydrogen-bond acceptors (Lipinski definition) is 4. The molecule has 3 aliphatic rings. The minimum atomic E-state index is -1.13. The number of fused-ring (bicyclic) bond motifs is 1. The lowest BCUT2D eigenvalue weighted by atomic mass is 9.91. The Balaban J connectivity index is 1.49. The van der Waals surface area contributed by atoms with Crippen molar-refractivity contribution in [2.75, 3.05) is 24.6 Å². The molecule has 0 saturated carbocycles. The second-order valence-corrected chi connectivity index (χ2v) is 8.68. The van der Waals surface area contributed by atoms with Gasteiger partial charge in [-0.1, -0.05) is 0 Å². The minimum absolute atomic E-state index is 0.0436. The Kier molecular flexibility index (Phi) is 4.60. The van der Waals surface area contributed by atoms with E-state index in [1.165, 1.54) is 18.5 Å². The van der Waals surface area contributed by atoms with Gasteiger partial charge in [-0.15, -0.1) is 0 Å². The van der Waals surface area contributed by atoms with E-state index in [0.717, 1.165) is 49.7 Å². The van der Waals surface area contributed by atoms with E-state index in [9.17, 15) is 9.90 Å². The van der Waals surface area contributed by atoms with Crippen LogP contribution in [0.15, 0.2) is 6.20 Å². The second kappa shape index (κ2) is 6.71. The maximum Gasteiger partial charge on any atom is 0.254 e. The summed E-state index contributed by atoms with van der Waals surface area (Å²) in [6.07, 6.45) is 8.92. The van der Waals surface area contributed by atoms with Crippen molar-refractivity contribution in [1.82, 2.24) is 14.5 Å². The molecule has 1 N–H and O–H groups in total. The third kappa shape index (κ3) is 2.99. The van der Waals surface area contributed by atoms with Crippen LogP contribution in [0.1, 0.15) is 56.0 Å². The Hall–Kier alpha value is -1.01. The summed E-state index contributed by atoms with van der Waals surface area (Å²) in [7, 11) is 0. The molecule has 132 valence electrons. The van der Waals surface area contributed by atoms with Crippen molar-refractivity contribution in [1.29, 1.82) is 0 Å². The minimum Gasteiger partial charge on any atom is -0.380 e. The molecule has 0 radical (unpaired) electrons. The molecule has 0 spiro atoms. The van der Waals surface area contributed by atoms with Gasteiger partial charge in [0.05, 0.1) is 0 Å². The van der Waals surface area contributed by atoms with E-state index in [4.69, 9.17) is 4.98 Å². The number of carbonyl (C=O) groups excluding carboxylic acids is 1. The van der Waals surface area contributed by atoms with Gasteiger partial charge in [-0.3, -0.25) is 4.79 Å². The standard InChI is InChI=1S/C18H27N3O2S/c22-17(18(23)6-10-24-11-7-18)20-8-3-4-14(13-20)16-19-12-15-5-1-2-9-21(15)16/h12,14,23H,1-11,13H2. The molecule has 4 rings (SSSR count). The zero-order valence-corrected chi connectivity index (χ0v) is 15.1. The Morgan fingerprint density at radius 1 is 1.25 bits per heavy atom. The largest absolute Gasteiger partial charge is 0.380 e. The lowest BCUT2D eigenvalue weighted by Gasteiger charge is -2.39. The summed E-state index contributed by atoms with van der Waals surface area (Å²) in [5.74, 6) is 3.20. The molecule has 0 aliphatic carbocycles. The van der Waals surface area contributed by atoms with Crippen molar-refractivity contribution in [2.45, 2.75) is 63.0 Å². The van der Waals surface area contributed by atoms with Crippen LogP contribution in [0.25, 0.3) is 0 Å². The smallest absolute Gasteiger partial charge is 0.254 e. The first-order valence-electron chi connectivity index (χ1n) is 9.31. The number of aliphatic hydroxyl groups is 1. The zero-order chi connectivity index (χ0) is 16.6. The molecule has 1 atom stereocenters. The predicted molar refractivity (Wildman–Crippen MR) is 95.2 cm³/mol. The van der Waals surface area contributed by atoms with Crippen molar-refractivity contribution in [3.63, 3.8) is 0 Å². The number of nitrogens with zero attached hydrogens (tertiary/aromatic N) is 3. The molecular weight excluding hydrogens is 322 g/mol. The molecule has 6 heteroatoms. The van der Waals surface area contributed by atoms with Crippen molar-refractivity contribution >= 4 is 17.7 Å². The topological polar surface area (TPSA) is 58.4 Å². The van der Waals surface area contributed by atoms with Gasteiger partial charge in [-0.05, 0) is 56.5 Å². The lowest BCUT2D eigenvalue weighted by molar-refractivity contribution is -0.153. The molecule has 1 unspecified atom stereocenters. The van der Waals surface area contributed by atoms with E-state index in [2.05, 4.69) is 4.57 Å². The lowest BCUT2D eigenvalue weighted by Crippen LogP contribution is -2.53. The molecule has 1 aromatic heterocycles. The molecule has 2 fully saturated rings. The predicted octanol–water partition coefficient (Wildman–Crippen LogP) is 2.18. The van der Waals surface area contributed by atoms with E-state index in [1.54, 1.807) is 0 Å². The number of amides is 1. The number of piperidine rings is 1. The van der Waals surface area contributed by atoms with Crippen LogP contribution in [-0.4, -0.2) is 55.7 Å². The first kappa shape index (κ1) is 16.5. The highest BCUT2D eigenvalue weighted by Crippen LogP contribution is 2.33. The number of carbonyl (C=O) groups is 1. The first-order chi connectivity index (χ1) is 11.7. The third-order valence-electron chi connectivity index (χ3n) is 5.83. The Labute approximate surface area is 147 Å². The van der Waals surface area contributed by atoms with Crippen LogP contribution in [0.2, 0.25) is 0 Å². The molecule has 1 aromatic rings. The average molecular weight is 350 g/mol. The number of rotatable bonds is 2. The van der Waals surface area contributed by atoms with Crippen molar-refractivity contribution < 1.29 is 9.90 Å². The van der Waals surface area contributed by atoms with Crippen molar-refractivity contribution in [3.8, 4) is 0 Å². The van der Waals surface area contributed by atoms with Gasteiger partial charge in [-0.2, -0.15) is 11.8 Å². The number of imidazole rings is 1. The van der Waals surface area contributed by atoms with Gasteiger partial charge < -0.3 is 14.6 Å². The van der Waals surface area contributed by atoms with Crippen LogP contribution >= 0.6 is 11.8 Å². The number of aryl methyl sites for hydroxylation is 1. The summed E-state index contributed by atoms with van der Waals surface area (Å²) < 4.78 is 2.38. The van der Waals surface area contributed by atoms with Crippen LogP contribution in [0.4, 0.5) is 0 Å². The Bertz CT molecular complexity index is 609. The van der Waals surface area contributed by atoms with E-state index < -0.39 is 5.60 Å². The fourth-order valence-electron chi connectivity index (χ4n) is 4.38. The maximum atomic E-state index is 12.9. The molecule has 0 bridgehead atoms. The molecule has 3 aliphatic heterocycles. The molecule has 5 nitrogen and oxygen atoms in total. The molecule has 24 heavy (non-hydrogen) atoms. The molecule has 2 saturated heterocycles. The van der Waals surface area contributed by atoms with Gasteiger partial charge in [0.25, 0.3) is 5.91 Å². The van der Waals surface area contributed by atoms with E-state index in [-0.39, 0.29) is 5.91 Å². The number of aromatic nitrogens is 2. The van der Waals surface area contributed by atoms with E-state index >= 15 is 0 Å². The number of likely N-dealkylation sites (tertiary alicyclic amines) is 1. The SMILES string of the molecule is O=C(N1CCCC(c2ncc3n2CCCC3)C1)C1(O)CCSCC1. The monoisotopic (exact) mass is 349 g/mol. The van der Waals surface area contributed by atoms with Crippen LogP contribution in [-0.2, 0) is 17.8 Å². The van der Waals surface area contributed by atoms with Crippen LogP contribution in [0.3, 0.4) is 0 Å². The normalized spacial score (nSPS) is 26.9. The first-order valence-corrected chi connectivity index (χ1v) is 10.5. The molecule has 4 heterocycles. The van der Waals surface area contributed by atoms with Gasteiger partial charge >= 0.3 is 0 Å². The highest BCUT2D eigenvalue weighted by Gasteiger charge is 2.42. The number of thioether (sulfide) groups is 1. The molecule has 0 aromatic carbocycles. The highest BCUT2D eigenvalue weighted by atomic mass is 32.2.